The zero-order chi connectivity index (χ0) is 24.1. The van der Waals surface area contributed by atoms with Crippen LogP contribution in [0.1, 0.15) is 23.0 Å². The molecule has 0 bridgehead atoms. The summed E-state index contributed by atoms with van der Waals surface area (Å²) in [7, 11) is 1.57. The number of rotatable bonds is 6. The van der Waals surface area contributed by atoms with Crippen LogP contribution in [0.15, 0.2) is 35.8 Å². The molecule has 0 saturated carbocycles. The first kappa shape index (κ1) is 23.6. The minimum atomic E-state index is -0.427. The van der Waals surface area contributed by atoms with Gasteiger partial charge in [0.1, 0.15) is 15.6 Å². The smallest absolute Gasteiger partial charge is 0.414 e. The summed E-state index contributed by atoms with van der Waals surface area (Å²) in [5, 5.41) is 10.9. The van der Waals surface area contributed by atoms with Crippen molar-refractivity contribution in [3.8, 4) is 5.75 Å². The molecule has 0 unspecified atom stereocenters. The van der Waals surface area contributed by atoms with Crippen LogP contribution in [0, 0.1) is 0 Å². The van der Waals surface area contributed by atoms with E-state index in [4.69, 9.17) is 21.1 Å². The second-order valence-electron chi connectivity index (χ2n) is 7.12. The van der Waals surface area contributed by atoms with Crippen molar-refractivity contribution < 1.29 is 19.1 Å². The Kier molecular flexibility index (Phi) is 7.33. The zero-order valence-corrected chi connectivity index (χ0v) is 20.1. The number of hydrogen-bond donors (Lipinski definition) is 3. The molecule has 10 nitrogen and oxygen atoms in total. The van der Waals surface area contributed by atoms with Gasteiger partial charge >= 0.3 is 6.09 Å². The van der Waals surface area contributed by atoms with E-state index in [0.717, 1.165) is 0 Å². The van der Waals surface area contributed by atoms with Gasteiger partial charge in [-0.3, -0.25) is 9.69 Å². The third kappa shape index (κ3) is 5.15. The first-order valence-corrected chi connectivity index (χ1v) is 11.8. The molecule has 0 spiro atoms. The van der Waals surface area contributed by atoms with E-state index in [9.17, 15) is 9.59 Å². The van der Waals surface area contributed by atoms with E-state index in [1.807, 2.05) is 0 Å². The molecule has 3 aromatic rings. The number of thiophene rings is 1. The molecule has 1 aliphatic heterocycles. The fraction of sp³-hybridized carbons (Fsp3) is 0.273. The van der Waals surface area contributed by atoms with Crippen molar-refractivity contribution in [2.45, 2.75) is 13.3 Å². The van der Waals surface area contributed by atoms with Crippen molar-refractivity contribution >= 4 is 63.8 Å². The summed E-state index contributed by atoms with van der Waals surface area (Å²) in [6.45, 7) is 3.03. The molecular formula is C22H23ClN6O4S. The van der Waals surface area contributed by atoms with Crippen LogP contribution < -0.4 is 25.6 Å². The standard InChI is InChI=1S/C22H23ClN6O4S/c1-3-32-22(31)29-8-4-9-33-17-6-5-13(11-16(17)29)26-21-25-12-14(23)19(28-21)27-15-7-10-34-18(15)20(30)24-2/h5-7,10-12H,3-4,8-9H2,1-2H3,(H,24,30)(H2,25,26,27,28). The molecule has 0 radical (unpaired) electrons. The molecule has 2 aromatic heterocycles. The molecule has 3 heterocycles. The molecule has 0 atom stereocenters. The van der Waals surface area contributed by atoms with Crippen molar-refractivity contribution in [1.29, 1.82) is 0 Å². The van der Waals surface area contributed by atoms with Crippen LogP contribution in [-0.2, 0) is 4.74 Å². The molecule has 2 amide bonds. The summed E-state index contributed by atoms with van der Waals surface area (Å²) < 4.78 is 11.0. The quantitative estimate of drug-likeness (QED) is 0.440. The normalized spacial score (nSPS) is 12.7. The third-order valence-corrected chi connectivity index (χ3v) is 6.06. The fourth-order valence-corrected chi connectivity index (χ4v) is 4.25. The van der Waals surface area contributed by atoms with Crippen LogP contribution in [0.25, 0.3) is 0 Å². The highest BCUT2D eigenvalue weighted by Crippen LogP contribution is 2.35. The van der Waals surface area contributed by atoms with Crippen LogP contribution in [0.4, 0.5) is 33.6 Å². The molecule has 3 N–H and O–H groups in total. The van der Waals surface area contributed by atoms with E-state index in [2.05, 4.69) is 25.9 Å². The van der Waals surface area contributed by atoms with E-state index in [0.29, 0.717) is 58.1 Å². The molecule has 4 rings (SSSR count). The summed E-state index contributed by atoms with van der Waals surface area (Å²) in [4.78, 5) is 35.3. The highest BCUT2D eigenvalue weighted by atomic mass is 35.5. The van der Waals surface area contributed by atoms with Gasteiger partial charge in [-0.2, -0.15) is 4.98 Å². The van der Waals surface area contributed by atoms with Crippen molar-refractivity contribution in [3.05, 3.63) is 45.7 Å². The average Bonchev–Trinajstić information content (AvgIpc) is 3.19. The number of carbonyl (C=O) groups is 2. The molecular weight excluding hydrogens is 480 g/mol. The minimum Gasteiger partial charge on any atom is -0.491 e. The van der Waals surface area contributed by atoms with E-state index >= 15 is 0 Å². The van der Waals surface area contributed by atoms with Gasteiger partial charge < -0.3 is 25.4 Å². The van der Waals surface area contributed by atoms with Gasteiger partial charge in [-0.25, -0.2) is 9.78 Å². The lowest BCUT2D eigenvalue weighted by Gasteiger charge is -2.21. The Balaban J connectivity index is 1.59. The van der Waals surface area contributed by atoms with Crippen LogP contribution in [-0.4, -0.2) is 48.8 Å². The predicted molar refractivity (Wildman–Crippen MR) is 132 cm³/mol. The zero-order valence-electron chi connectivity index (χ0n) is 18.6. The van der Waals surface area contributed by atoms with Gasteiger partial charge in [0.2, 0.25) is 5.95 Å². The number of amides is 2. The maximum absolute atomic E-state index is 12.5. The van der Waals surface area contributed by atoms with Gasteiger partial charge in [-0.05, 0) is 43.0 Å². The summed E-state index contributed by atoms with van der Waals surface area (Å²) in [5.41, 5.74) is 1.83. The van der Waals surface area contributed by atoms with E-state index in [1.165, 1.54) is 17.5 Å². The first-order valence-electron chi connectivity index (χ1n) is 10.6. The Labute approximate surface area is 205 Å². The van der Waals surface area contributed by atoms with Gasteiger partial charge in [-0.15, -0.1) is 11.3 Å². The molecule has 0 aliphatic carbocycles. The molecule has 0 saturated heterocycles. The number of halogens is 1. The first-order chi connectivity index (χ1) is 16.5. The number of carbonyl (C=O) groups excluding carboxylic acids is 2. The average molecular weight is 503 g/mol. The molecule has 34 heavy (non-hydrogen) atoms. The van der Waals surface area contributed by atoms with Gasteiger partial charge in [0.25, 0.3) is 5.91 Å². The Bertz CT molecular complexity index is 1200. The number of nitrogens with zero attached hydrogens (tertiary/aromatic N) is 3. The second-order valence-corrected chi connectivity index (χ2v) is 8.44. The van der Waals surface area contributed by atoms with E-state index in [-0.39, 0.29) is 18.5 Å². The predicted octanol–water partition coefficient (Wildman–Crippen LogP) is 4.78. The topological polar surface area (TPSA) is 118 Å². The highest BCUT2D eigenvalue weighted by molar-refractivity contribution is 7.12. The van der Waals surface area contributed by atoms with Crippen molar-refractivity contribution in [2.24, 2.45) is 0 Å². The highest BCUT2D eigenvalue weighted by Gasteiger charge is 2.24. The van der Waals surface area contributed by atoms with Gasteiger partial charge in [0.15, 0.2) is 5.82 Å². The van der Waals surface area contributed by atoms with Crippen LogP contribution in [0.3, 0.4) is 0 Å². The lowest BCUT2D eigenvalue weighted by Crippen LogP contribution is -2.32. The summed E-state index contributed by atoms with van der Waals surface area (Å²) in [6.07, 6.45) is 1.72. The summed E-state index contributed by atoms with van der Waals surface area (Å²) in [5.74, 6) is 1.00. The summed E-state index contributed by atoms with van der Waals surface area (Å²) >= 11 is 7.60. The molecule has 1 aliphatic rings. The van der Waals surface area contributed by atoms with Crippen LogP contribution >= 0.6 is 22.9 Å². The molecule has 12 heteroatoms. The number of aromatic nitrogens is 2. The third-order valence-electron chi connectivity index (χ3n) is 4.87. The van der Waals surface area contributed by atoms with Crippen molar-refractivity contribution in [3.63, 3.8) is 0 Å². The molecule has 1 aromatic carbocycles. The second kappa shape index (κ2) is 10.6. The minimum absolute atomic E-state index is 0.209. The summed E-state index contributed by atoms with van der Waals surface area (Å²) in [6, 6.07) is 7.15. The number of benzene rings is 1. The largest absolute Gasteiger partial charge is 0.491 e. The van der Waals surface area contributed by atoms with E-state index < -0.39 is 6.09 Å². The number of fused-ring (bicyclic) bond motifs is 1. The van der Waals surface area contributed by atoms with Gasteiger partial charge in [0.05, 0.1) is 30.8 Å². The van der Waals surface area contributed by atoms with Crippen molar-refractivity contribution in [1.82, 2.24) is 15.3 Å². The van der Waals surface area contributed by atoms with Gasteiger partial charge in [-0.1, -0.05) is 11.6 Å². The van der Waals surface area contributed by atoms with E-state index in [1.54, 1.807) is 48.5 Å². The Morgan fingerprint density at radius 1 is 1.29 bits per heavy atom. The number of nitrogens with one attached hydrogen (secondary N) is 3. The lowest BCUT2D eigenvalue weighted by molar-refractivity contribution is 0.0967. The van der Waals surface area contributed by atoms with Crippen LogP contribution in [0.2, 0.25) is 5.02 Å². The van der Waals surface area contributed by atoms with Crippen LogP contribution in [0.5, 0.6) is 5.75 Å². The number of anilines is 5. The number of ether oxygens (including phenoxy) is 2. The molecule has 0 fully saturated rings. The fourth-order valence-electron chi connectivity index (χ4n) is 3.31. The SMILES string of the molecule is CCOC(=O)N1CCCOc2ccc(Nc3ncc(Cl)c(Nc4ccsc4C(=O)NC)n3)cc21. The maximum atomic E-state index is 12.5. The monoisotopic (exact) mass is 502 g/mol. The number of hydrogen-bond acceptors (Lipinski definition) is 9. The Morgan fingerprint density at radius 3 is 2.94 bits per heavy atom. The maximum Gasteiger partial charge on any atom is 0.414 e. The Hall–Kier alpha value is -3.57. The Morgan fingerprint density at radius 2 is 2.15 bits per heavy atom. The lowest BCUT2D eigenvalue weighted by atomic mass is 10.2. The van der Waals surface area contributed by atoms with Crippen molar-refractivity contribution in [2.75, 3.05) is 42.3 Å². The molecule has 178 valence electrons. The van der Waals surface area contributed by atoms with Gasteiger partial charge in [0, 0.05) is 19.3 Å².